The Morgan fingerprint density at radius 3 is 2.14 bits per heavy atom. The van der Waals surface area contributed by atoms with Crippen LogP contribution < -0.4 is 4.74 Å². The van der Waals surface area contributed by atoms with Crippen molar-refractivity contribution in [1.29, 1.82) is 0 Å². The molecule has 0 atom stereocenters. The van der Waals surface area contributed by atoms with Crippen molar-refractivity contribution >= 4 is 27.5 Å². The number of rotatable bonds is 5. The van der Waals surface area contributed by atoms with Crippen molar-refractivity contribution in [2.45, 2.75) is 23.8 Å². The first-order valence-corrected chi connectivity index (χ1v) is 10.8. The van der Waals surface area contributed by atoms with Gasteiger partial charge in [0, 0.05) is 50.6 Å². The molecule has 0 aliphatic carbocycles. The van der Waals surface area contributed by atoms with Crippen LogP contribution in [-0.2, 0) is 10.0 Å². The molecular weight excluding hydrogens is 400 g/mol. The molecule has 8 heteroatoms. The van der Waals surface area contributed by atoms with Crippen molar-refractivity contribution in [2.24, 2.45) is 0 Å². The van der Waals surface area contributed by atoms with E-state index >= 15 is 0 Å². The van der Waals surface area contributed by atoms with Crippen LogP contribution in [0.5, 0.6) is 5.75 Å². The molecule has 1 saturated heterocycles. The minimum atomic E-state index is -3.50. The summed E-state index contributed by atoms with van der Waals surface area (Å²) in [6, 6.07) is 13.3. The van der Waals surface area contributed by atoms with Gasteiger partial charge < -0.3 is 9.64 Å². The molecule has 1 amide bonds. The largest absolute Gasteiger partial charge is 0.490 e. The molecule has 0 N–H and O–H groups in total. The number of carbonyl (C=O) groups is 1. The van der Waals surface area contributed by atoms with Crippen molar-refractivity contribution in [1.82, 2.24) is 9.21 Å². The van der Waals surface area contributed by atoms with E-state index in [1.165, 1.54) is 26.2 Å². The summed E-state index contributed by atoms with van der Waals surface area (Å²) in [6.07, 6.45) is 1.53. The predicted octanol–water partition coefficient (Wildman–Crippen LogP) is 3.27. The van der Waals surface area contributed by atoms with E-state index in [-0.39, 0.29) is 16.9 Å². The van der Waals surface area contributed by atoms with Crippen LogP contribution in [-0.4, -0.2) is 56.8 Å². The van der Waals surface area contributed by atoms with E-state index in [4.69, 9.17) is 16.3 Å². The van der Waals surface area contributed by atoms with Gasteiger partial charge in [-0.1, -0.05) is 11.6 Å². The third-order valence-electron chi connectivity index (χ3n) is 4.73. The van der Waals surface area contributed by atoms with Crippen molar-refractivity contribution in [3.05, 3.63) is 59.1 Å². The summed E-state index contributed by atoms with van der Waals surface area (Å²) in [5.74, 6) is 0.672. The quantitative estimate of drug-likeness (QED) is 0.741. The number of benzene rings is 2. The van der Waals surface area contributed by atoms with E-state index in [0.717, 1.165) is 22.9 Å². The Labute approximate surface area is 170 Å². The fourth-order valence-corrected chi connectivity index (χ4v) is 4.07. The molecule has 150 valence electrons. The molecule has 1 fully saturated rings. The molecule has 0 aromatic heterocycles. The Morgan fingerprint density at radius 2 is 1.61 bits per heavy atom. The van der Waals surface area contributed by atoms with Crippen molar-refractivity contribution in [3.8, 4) is 5.75 Å². The van der Waals surface area contributed by atoms with Gasteiger partial charge >= 0.3 is 0 Å². The van der Waals surface area contributed by atoms with Gasteiger partial charge in [-0.25, -0.2) is 12.7 Å². The highest BCUT2D eigenvalue weighted by Crippen LogP contribution is 2.22. The number of likely N-dealkylation sites (tertiary alicyclic amines) is 1. The molecule has 6 nitrogen and oxygen atoms in total. The zero-order valence-corrected chi connectivity index (χ0v) is 17.4. The lowest BCUT2D eigenvalue weighted by molar-refractivity contribution is 0.0595. The Hall–Kier alpha value is -2.09. The van der Waals surface area contributed by atoms with Gasteiger partial charge in [0.15, 0.2) is 0 Å². The maximum atomic E-state index is 12.7. The first-order valence-electron chi connectivity index (χ1n) is 9.01. The van der Waals surface area contributed by atoms with Crippen molar-refractivity contribution in [2.75, 3.05) is 27.2 Å². The van der Waals surface area contributed by atoms with Gasteiger partial charge in [0.25, 0.3) is 5.91 Å². The first kappa shape index (κ1) is 20.6. The van der Waals surface area contributed by atoms with Crippen LogP contribution in [0.4, 0.5) is 0 Å². The second-order valence-corrected chi connectivity index (χ2v) is 9.46. The minimum Gasteiger partial charge on any atom is -0.490 e. The second kappa shape index (κ2) is 8.51. The zero-order valence-electron chi connectivity index (χ0n) is 15.8. The Balaban J connectivity index is 1.58. The van der Waals surface area contributed by atoms with Crippen LogP contribution in [0.25, 0.3) is 0 Å². The Kier molecular flexibility index (Phi) is 6.27. The molecule has 0 unspecified atom stereocenters. The van der Waals surface area contributed by atoms with Crippen LogP contribution in [0.15, 0.2) is 53.4 Å². The van der Waals surface area contributed by atoms with Crippen molar-refractivity contribution < 1.29 is 17.9 Å². The van der Waals surface area contributed by atoms with Crippen LogP contribution in [0.2, 0.25) is 5.02 Å². The summed E-state index contributed by atoms with van der Waals surface area (Å²) in [6.45, 7) is 1.18. The number of carbonyl (C=O) groups excluding carboxylic acids is 1. The van der Waals surface area contributed by atoms with Gasteiger partial charge in [-0.3, -0.25) is 4.79 Å². The normalized spacial score (nSPS) is 15.6. The molecule has 1 heterocycles. The fourth-order valence-electron chi connectivity index (χ4n) is 3.05. The number of ether oxygens (including phenoxy) is 1. The monoisotopic (exact) mass is 422 g/mol. The highest BCUT2D eigenvalue weighted by atomic mass is 35.5. The second-order valence-electron chi connectivity index (χ2n) is 6.88. The smallest absolute Gasteiger partial charge is 0.253 e. The maximum Gasteiger partial charge on any atom is 0.253 e. The summed E-state index contributed by atoms with van der Waals surface area (Å²) >= 11 is 5.88. The Bertz CT molecular complexity index is 920. The van der Waals surface area contributed by atoms with E-state index in [9.17, 15) is 13.2 Å². The number of sulfonamides is 1. The molecule has 0 saturated carbocycles. The van der Waals surface area contributed by atoms with Crippen LogP contribution in [0, 0.1) is 0 Å². The van der Waals surface area contributed by atoms with Crippen LogP contribution in [0.1, 0.15) is 23.2 Å². The minimum absolute atomic E-state index is 0.0536. The highest BCUT2D eigenvalue weighted by molar-refractivity contribution is 7.89. The van der Waals surface area contributed by atoms with Gasteiger partial charge in [0.1, 0.15) is 11.9 Å². The lowest BCUT2D eigenvalue weighted by Gasteiger charge is -2.32. The summed E-state index contributed by atoms with van der Waals surface area (Å²) in [7, 11) is -0.547. The molecule has 3 rings (SSSR count). The SMILES string of the molecule is CN(C)S(=O)(=O)c1ccc(C(=O)N2CCC(Oc3ccc(Cl)cc3)CC2)cc1. The summed E-state index contributed by atoms with van der Waals surface area (Å²) in [5, 5.41) is 0.664. The number of amides is 1. The average Bonchev–Trinajstić information content (AvgIpc) is 2.70. The summed E-state index contributed by atoms with van der Waals surface area (Å²) < 4.78 is 31.4. The molecule has 2 aromatic carbocycles. The highest BCUT2D eigenvalue weighted by Gasteiger charge is 2.25. The lowest BCUT2D eigenvalue weighted by Crippen LogP contribution is -2.41. The van der Waals surface area contributed by atoms with Gasteiger partial charge in [0.05, 0.1) is 4.90 Å². The maximum absolute atomic E-state index is 12.7. The topological polar surface area (TPSA) is 66.9 Å². The van der Waals surface area contributed by atoms with E-state index in [1.807, 2.05) is 12.1 Å². The fraction of sp³-hybridized carbons (Fsp3) is 0.350. The summed E-state index contributed by atoms with van der Waals surface area (Å²) in [5.41, 5.74) is 0.481. The lowest BCUT2D eigenvalue weighted by atomic mass is 10.1. The molecule has 0 radical (unpaired) electrons. The third-order valence-corrected chi connectivity index (χ3v) is 6.81. The zero-order chi connectivity index (χ0) is 20.3. The van der Waals surface area contributed by atoms with Gasteiger partial charge in [-0.15, -0.1) is 0 Å². The first-order chi connectivity index (χ1) is 13.3. The van der Waals surface area contributed by atoms with Crippen LogP contribution in [0.3, 0.4) is 0 Å². The van der Waals surface area contributed by atoms with E-state index in [2.05, 4.69) is 0 Å². The van der Waals surface area contributed by atoms with E-state index in [1.54, 1.807) is 29.2 Å². The molecule has 0 spiro atoms. The molecule has 28 heavy (non-hydrogen) atoms. The van der Waals surface area contributed by atoms with Gasteiger partial charge in [-0.05, 0) is 48.5 Å². The number of halogens is 1. The van der Waals surface area contributed by atoms with Crippen LogP contribution >= 0.6 is 11.6 Å². The standard InChI is InChI=1S/C20H23ClN2O4S/c1-22(2)28(25,26)19-9-3-15(4-10-19)20(24)23-13-11-18(12-14-23)27-17-7-5-16(21)6-8-17/h3-10,18H,11-14H2,1-2H3. The molecule has 1 aliphatic rings. The molecular formula is C20H23ClN2O4S. The van der Waals surface area contributed by atoms with Gasteiger partial charge in [-0.2, -0.15) is 0 Å². The molecule has 1 aliphatic heterocycles. The average molecular weight is 423 g/mol. The van der Waals surface area contributed by atoms with Crippen molar-refractivity contribution in [3.63, 3.8) is 0 Å². The molecule has 0 bridgehead atoms. The molecule has 2 aromatic rings. The number of hydrogen-bond acceptors (Lipinski definition) is 4. The number of piperidine rings is 1. The predicted molar refractivity (Wildman–Crippen MR) is 108 cm³/mol. The number of nitrogens with zero attached hydrogens (tertiary/aromatic N) is 2. The number of hydrogen-bond donors (Lipinski definition) is 0. The van der Waals surface area contributed by atoms with E-state index in [0.29, 0.717) is 23.7 Å². The third kappa shape index (κ3) is 4.66. The summed E-state index contributed by atoms with van der Waals surface area (Å²) in [4.78, 5) is 14.7. The Morgan fingerprint density at radius 1 is 1.04 bits per heavy atom. The van der Waals surface area contributed by atoms with Gasteiger partial charge in [0.2, 0.25) is 10.0 Å². The van der Waals surface area contributed by atoms with E-state index < -0.39 is 10.0 Å².